The van der Waals surface area contributed by atoms with E-state index in [1.807, 2.05) is 48.5 Å². The molecule has 1 aromatic heterocycles. The summed E-state index contributed by atoms with van der Waals surface area (Å²) < 4.78 is 5.48. The first-order chi connectivity index (χ1) is 12.7. The number of halogens is 1. The molecule has 0 aliphatic heterocycles. The Balaban J connectivity index is 1.58. The van der Waals surface area contributed by atoms with Gasteiger partial charge in [-0.2, -0.15) is 0 Å². The first-order valence-corrected chi connectivity index (χ1v) is 8.56. The third-order valence-corrected chi connectivity index (χ3v) is 4.39. The van der Waals surface area contributed by atoms with Gasteiger partial charge in [0, 0.05) is 22.7 Å². The lowest BCUT2D eigenvalue weighted by Crippen LogP contribution is -2.22. The molecule has 0 aliphatic rings. The zero-order valence-corrected chi connectivity index (χ0v) is 14.5. The molecule has 0 unspecified atom stereocenters. The molecule has 0 saturated carbocycles. The van der Waals surface area contributed by atoms with E-state index < -0.39 is 0 Å². The second-order valence-corrected chi connectivity index (χ2v) is 6.36. The third-order valence-electron chi connectivity index (χ3n) is 4.14. The van der Waals surface area contributed by atoms with E-state index in [4.69, 9.17) is 16.1 Å². The summed E-state index contributed by atoms with van der Waals surface area (Å²) in [7, 11) is 0. The number of fused-ring (bicyclic) bond motifs is 1. The minimum atomic E-state index is -0.151. The second kappa shape index (κ2) is 7.02. The molecular weight excluding hydrogens is 348 g/mol. The van der Waals surface area contributed by atoms with Crippen LogP contribution in [-0.2, 0) is 6.54 Å². The molecule has 0 bridgehead atoms. The van der Waals surface area contributed by atoms with Gasteiger partial charge in [0.25, 0.3) is 5.91 Å². The molecule has 0 atom stereocenters. The highest BCUT2D eigenvalue weighted by Crippen LogP contribution is 2.29. The van der Waals surface area contributed by atoms with E-state index in [0.717, 1.165) is 22.0 Å². The van der Waals surface area contributed by atoms with Gasteiger partial charge in [-0.3, -0.25) is 4.79 Å². The molecule has 0 spiro atoms. The van der Waals surface area contributed by atoms with Crippen LogP contribution in [0.2, 0.25) is 5.02 Å². The van der Waals surface area contributed by atoms with Crippen LogP contribution in [0, 0.1) is 0 Å². The summed E-state index contributed by atoms with van der Waals surface area (Å²) in [5, 5.41) is 8.48. The van der Waals surface area contributed by atoms with Crippen molar-refractivity contribution in [2.24, 2.45) is 0 Å². The average Bonchev–Trinajstić information content (AvgIpc) is 3.11. The number of aromatic nitrogens is 1. The van der Waals surface area contributed by atoms with Gasteiger partial charge in [-0.05, 0) is 35.9 Å². The van der Waals surface area contributed by atoms with E-state index in [9.17, 15) is 4.79 Å². The first kappa shape index (κ1) is 16.4. The zero-order valence-electron chi connectivity index (χ0n) is 13.8. The van der Waals surface area contributed by atoms with Gasteiger partial charge in [-0.1, -0.05) is 59.2 Å². The molecule has 128 valence electrons. The fourth-order valence-electron chi connectivity index (χ4n) is 2.77. The fourth-order valence-corrected chi connectivity index (χ4v) is 2.89. The van der Waals surface area contributed by atoms with Crippen molar-refractivity contribution in [2.75, 3.05) is 0 Å². The summed E-state index contributed by atoms with van der Waals surface area (Å²) in [5.74, 6) is 0.509. The molecule has 1 N–H and O–H groups in total. The molecule has 0 radical (unpaired) electrons. The largest absolute Gasteiger partial charge is 0.355 e. The molecule has 1 amide bonds. The molecular formula is C21H15ClN2O2. The Morgan fingerprint density at radius 1 is 1.00 bits per heavy atom. The number of rotatable bonds is 4. The summed E-state index contributed by atoms with van der Waals surface area (Å²) in [4.78, 5) is 12.5. The maximum Gasteiger partial charge on any atom is 0.251 e. The molecule has 3 aromatic carbocycles. The SMILES string of the molecule is O=C(NCc1ccc(Cl)cc1)c1ccc2noc(-c3ccccc3)c2c1. The number of carbonyl (C=O) groups excluding carboxylic acids is 1. The van der Waals surface area contributed by atoms with Gasteiger partial charge in [0.2, 0.25) is 0 Å². The van der Waals surface area contributed by atoms with E-state index in [1.54, 1.807) is 24.3 Å². The molecule has 0 aliphatic carbocycles. The lowest BCUT2D eigenvalue weighted by atomic mass is 10.1. The zero-order chi connectivity index (χ0) is 17.9. The Labute approximate surface area is 155 Å². The molecule has 4 nitrogen and oxygen atoms in total. The van der Waals surface area contributed by atoms with E-state index in [1.165, 1.54) is 0 Å². The monoisotopic (exact) mass is 362 g/mol. The summed E-state index contributed by atoms with van der Waals surface area (Å²) >= 11 is 5.88. The molecule has 26 heavy (non-hydrogen) atoms. The number of hydrogen-bond donors (Lipinski definition) is 1. The smallest absolute Gasteiger partial charge is 0.251 e. The number of hydrogen-bond acceptors (Lipinski definition) is 3. The Morgan fingerprint density at radius 2 is 1.77 bits per heavy atom. The molecule has 1 heterocycles. The second-order valence-electron chi connectivity index (χ2n) is 5.92. The highest BCUT2D eigenvalue weighted by molar-refractivity contribution is 6.30. The van der Waals surface area contributed by atoms with Crippen molar-refractivity contribution in [1.82, 2.24) is 10.5 Å². The first-order valence-electron chi connectivity index (χ1n) is 8.18. The highest BCUT2D eigenvalue weighted by atomic mass is 35.5. The van der Waals surface area contributed by atoms with E-state index in [0.29, 0.717) is 22.9 Å². The van der Waals surface area contributed by atoms with Crippen LogP contribution in [0.15, 0.2) is 77.3 Å². The van der Waals surface area contributed by atoms with E-state index in [2.05, 4.69) is 10.5 Å². The van der Waals surface area contributed by atoms with E-state index >= 15 is 0 Å². The fraction of sp³-hybridized carbons (Fsp3) is 0.0476. The van der Waals surface area contributed by atoms with Gasteiger partial charge in [0.05, 0.1) is 5.39 Å². The number of amides is 1. The predicted octanol–water partition coefficient (Wildman–Crippen LogP) is 5.08. The van der Waals surface area contributed by atoms with Crippen molar-refractivity contribution in [2.45, 2.75) is 6.54 Å². The Kier molecular flexibility index (Phi) is 4.42. The molecule has 5 heteroatoms. The molecule has 4 aromatic rings. The van der Waals surface area contributed by atoms with Crippen LogP contribution in [0.4, 0.5) is 0 Å². The minimum absolute atomic E-state index is 0.151. The van der Waals surface area contributed by atoms with Gasteiger partial charge in [-0.15, -0.1) is 0 Å². The minimum Gasteiger partial charge on any atom is -0.355 e. The third kappa shape index (κ3) is 3.32. The summed E-state index contributed by atoms with van der Waals surface area (Å²) in [6.45, 7) is 0.434. The number of carbonyl (C=O) groups is 1. The lowest BCUT2D eigenvalue weighted by molar-refractivity contribution is 0.0951. The van der Waals surface area contributed by atoms with Gasteiger partial charge in [0.1, 0.15) is 5.52 Å². The van der Waals surface area contributed by atoms with Crippen LogP contribution < -0.4 is 5.32 Å². The van der Waals surface area contributed by atoms with Gasteiger partial charge < -0.3 is 9.84 Å². The molecule has 0 saturated heterocycles. The van der Waals surface area contributed by atoms with Crippen molar-refractivity contribution >= 4 is 28.4 Å². The summed E-state index contributed by atoms with van der Waals surface area (Å²) in [6, 6.07) is 22.5. The topological polar surface area (TPSA) is 55.1 Å². The maximum absolute atomic E-state index is 12.5. The van der Waals surface area contributed by atoms with Crippen molar-refractivity contribution < 1.29 is 9.32 Å². The quantitative estimate of drug-likeness (QED) is 0.551. The average molecular weight is 363 g/mol. The molecule has 4 rings (SSSR count). The van der Waals surface area contributed by atoms with Crippen LogP contribution in [-0.4, -0.2) is 11.1 Å². The Morgan fingerprint density at radius 3 is 2.54 bits per heavy atom. The van der Waals surface area contributed by atoms with Crippen LogP contribution in [0.1, 0.15) is 15.9 Å². The normalized spacial score (nSPS) is 10.8. The van der Waals surface area contributed by atoms with Gasteiger partial charge in [0.15, 0.2) is 5.76 Å². The Hall–Kier alpha value is -3.11. The summed E-state index contributed by atoms with van der Waals surface area (Å²) in [6.07, 6.45) is 0. The highest BCUT2D eigenvalue weighted by Gasteiger charge is 2.13. The van der Waals surface area contributed by atoms with Crippen molar-refractivity contribution in [3.05, 3.63) is 88.9 Å². The standard InChI is InChI=1S/C21H15ClN2O2/c22-17-9-6-14(7-10-17)13-23-21(25)16-8-11-19-18(12-16)20(26-24-19)15-4-2-1-3-5-15/h1-12H,13H2,(H,23,25). The van der Waals surface area contributed by atoms with Crippen LogP contribution >= 0.6 is 11.6 Å². The predicted molar refractivity (Wildman–Crippen MR) is 102 cm³/mol. The number of benzene rings is 3. The van der Waals surface area contributed by atoms with Crippen molar-refractivity contribution in [1.29, 1.82) is 0 Å². The number of nitrogens with zero attached hydrogens (tertiary/aromatic N) is 1. The molecule has 0 fully saturated rings. The van der Waals surface area contributed by atoms with Crippen LogP contribution in [0.25, 0.3) is 22.2 Å². The number of nitrogens with one attached hydrogen (secondary N) is 1. The van der Waals surface area contributed by atoms with Crippen LogP contribution in [0.3, 0.4) is 0 Å². The van der Waals surface area contributed by atoms with Crippen molar-refractivity contribution in [3.63, 3.8) is 0 Å². The summed E-state index contributed by atoms with van der Waals surface area (Å²) in [5.41, 5.74) is 3.19. The van der Waals surface area contributed by atoms with Crippen LogP contribution in [0.5, 0.6) is 0 Å². The lowest BCUT2D eigenvalue weighted by Gasteiger charge is -2.06. The van der Waals surface area contributed by atoms with Gasteiger partial charge >= 0.3 is 0 Å². The van der Waals surface area contributed by atoms with E-state index in [-0.39, 0.29) is 5.91 Å². The van der Waals surface area contributed by atoms with Gasteiger partial charge in [-0.25, -0.2) is 0 Å². The Bertz CT molecular complexity index is 1060. The maximum atomic E-state index is 12.5. The van der Waals surface area contributed by atoms with Crippen molar-refractivity contribution in [3.8, 4) is 11.3 Å².